The maximum atomic E-state index is 12.0. The number of amides is 1. The molecule has 0 unspecified atom stereocenters. The van der Waals surface area contributed by atoms with Crippen LogP contribution in [0.3, 0.4) is 0 Å². The van der Waals surface area contributed by atoms with Gasteiger partial charge in [-0.3, -0.25) is 10.0 Å². The van der Waals surface area contributed by atoms with Crippen molar-refractivity contribution < 1.29 is 10.0 Å². The summed E-state index contributed by atoms with van der Waals surface area (Å²) in [6.07, 6.45) is 6.86. The highest BCUT2D eigenvalue weighted by atomic mass is 16.5. The minimum Gasteiger partial charge on any atom is -0.337 e. The second-order valence-corrected chi connectivity index (χ2v) is 5.94. The third kappa shape index (κ3) is 1.67. The van der Waals surface area contributed by atoms with Crippen LogP contribution in [0.15, 0.2) is 41.6 Å². The Morgan fingerprint density at radius 2 is 2.09 bits per heavy atom. The number of nitrogens with zero attached hydrogens (tertiary/aromatic N) is 3. The summed E-state index contributed by atoms with van der Waals surface area (Å²) in [7, 11) is 0. The summed E-state index contributed by atoms with van der Waals surface area (Å²) in [6.45, 7) is 3.73. The average Bonchev–Trinajstić information content (AvgIpc) is 2.97. The Balaban J connectivity index is 2.00. The maximum absolute atomic E-state index is 12.0. The highest BCUT2D eigenvalue weighted by Gasteiger charge is 2.35. The van der Waals surface area contributed by atoms with Gasteiger partial charge in [-0.25, -0.2) is 15.0 Å². The van der Waals surface area contributed by atoms with E-state index in [2.05, 4.69) is 15.0 Å². The first kappa shape index (κ1) is 13.0. The van der Waals surface area contributed by atoms with Crippen molar-refractivity contribution in [1.82, 2.24) is 15.0 Å². The number of aromatic nitrogens is 2. The number of aromatic amines is 1. The van der Waals surface area contributed by atoms with Crippen molar-refractivity contribution in [2.45, 2.75) is 19.3 Å². The van der Waals surface area contributed by atoms with E-state index in [1.54, 1.807) is 18.4 Å². The molecule has 2 aromatic rings. The third-order valence-corrected chi connectivity index (χ3v) is 4.11. The first-order valence-electron chi connectivity index (χ1n) is 6.97. The Labute approximate surface area is 125 Å². The normalized spacial score (nSPS) is 21.4. The Morgan fingerprint density at radius 3 is 2.86 bits per heavy atom. The molecule has 2 aliphatic heterocycles. The highest BCUT2D eigenvalue weighted by Crippen LogP contribution is 2.27. The number of allylic oxidation sites excluding steroid dienone is 2. The fourth-order valence-electron chi connectivity index (χ4n) is 2.75. The molecule has 6 nitrogen and oxygen atoms in total. The number of carbonyl (C=O) groups is 1. The van der Waals surface area contributed by atoms with E-state index in [0.29, 0.717) is 16.5 Å². The smallest absolute Gasteiger partial charge is 0.256 e. The summed E-state index contributed by atoms with van der Waals surface area (Å²) < 4.78 is 0. The summed E-state index contributed by atoms with van der Waals surface area (Å²) >= 11 is 0. The first-order valence-corrected chi connectivity index (χ1v) is 6.97. The maximum Gasteiger partial charge on any atom is 0.256 e. The van der Waals surface area contributed by atoms with Crippen LogP contribution in [0.25, 0.3) is 16.7 Å². The van der Waals surface area contributed by atoms with Crippen LogP contribution in [0.1, 0.15) is 19.4 Å². The van der Waals surface area contributed by atoms with Gasteiger partial charge in [0.15, 0.2) is 5.48 Å². The van der Waals surface area contributed by atoms with Crippen molar-refractivity contribution in [1.29, 1.82) is 0 Å². The molecular weight excluding hydrogens is 280 g/mol. The van der Waals surface area contributed by atoms with E-state index < -0.39 is 5.41 Å². The molecule has 0 aliphatic carbocycles. The molecule has 0 saturated carbocycles. The zero-order valence-corrected chi connectivity index (χ0v) is 12.2. The van der Waals surface area contributed by atoms with Crippen molar-refractivity contribution in [2.24, 2.45) is 4.99 Å². The number of H-pyrrole nitrogens is 1. The second kappa shape index (κ2) is 4.14. The van der Waals surface area contributed by atoms with Crippen molar-refractivity contribution in [3.05, 3.63) is 53.0 Å². The van der Waals surface area contributed by atoms with Crippen LogP contribution in [0, 0.1) is 0 Å². The lowest BCUT2D eigenvalue weighted by molar-refractivity contribution is -0.121. The zero-order chi connectivity index (χ0) is 15.5. The summed E-state index contributed by atoms with van der Waals surface area (Å²) in [5, 5.41) is 11.6. The van der Waals surface area contributed by atoms with E-state index in [1.165, 1.54) is 0 Å². The molecule has 2 aliphatic rings. The molecule has 110 valence electrons. The molecular formula is C16H14N4O2. The van der Waals surface area contributed by atoms with Gasteiger partial charge in [0.2, 0.25) is 0 Å². The molecule has 1 aromatic heterocycles. The number of hydrogen-bond donors (Lipinski definition) is 2. The molecule has 0 saturated heterocycles. The van der Waals surface area contributed by atoms with E-state index in [0.717, 1.165) is 21.7 Å². The molecule has 0 fully saturated rings. The van der Waals surface area contributed by atoms with Crippen LogP contribution in [-0.4, -0.2) is 26.1 Å². The van der Waals surface area contributed by atoms with Gasteiger partial charge in [0.25, 0.3) is 5.91 Å². The molecule has 0 atom stereocenters. The summed E-state index contributed by atoms with van der Waals surface area (Å²) in [5.74, 6) is -0.133. The van der Waals surface area contributed by atoms with Crippen molar-refractivity contribution in [2.75, 3.05) is 0 Å². The largest absolute Gasteiger partial charge is 0.337 e. The highest BCUT2D eigenvalue weighted by molar-refractivity contribution is 5.92. The molecule has 22 heavy (non-hydrogen) atoms. The van der Waals surface area contributed by atoms with Gasteiger partial charge >= 0.3 is 0 Å². The van der Waals surface area contributed by atoms with Gasteiger partial charge in [-0.2, -0.15) is 0 Å². The quantitative estimate of drug-likeness (QED) is 0.756. The molecule has 6 heteroatoms. The van der Waals surface area contributed by atoms with Crippen LogP contribution >= 0.6 is 0 Å². The predicted octanol–water partition coefficient (Wildman–Crippen LogP) is 0.883. The van der Waals surface area contributed by atoms with E-state index >= 15 is 0 Å². The van der Waals surface area contributed by atoms with E-state index in [-0.39, 0.29) is 5.91 Å². The van der Waals surface area contributed by atoms with E-state index in [4.69, 9.17) is 0 Å². The minimum absolute atomic E-state index is 0.133. The Hall–Kier alpha value is -2.73. The van der Waals surface area contributed by atoms with E-state index in [9.17, 15) is 10.0 Å². The van der Waals surface area contributed by atoms with Crippen LogP contribution < -0.4 is 10.8 Å². The molecule has 4 rings (SSSR count). The number of hydrogen-bond acceptors (Lipinski definition) is 4. The summed E-state index contributed by atoms with van der Waals surface area (Å²) in [4.78, 5) is 23.8. The lowest BCUT2D eigenvalue weighted by Gasteiger charge is -2.14. The van der Waals surface area contributed by atoms with Crippen molar-refractivity contribution >= 4 is 22.6 Å². The van der Waals surface area contributed by atoms with Gasteiger partial charge in [-0.05, 0) is 43.7 Å². The lowest BCUT2D eigenvalue weighted by Crippen LogP contribution is -2.25. The van der Waals surface area contributed by atoms with Gasteiger partial charge in [-0.1, -0.05) is 6.08 Å². The van der Waals surface area contributed by atoms with Crippen molar-refractivity contribution in [3.63, 3.8) is 0 Å². The van der Waals surface area contributed by atoms with Gasteiger partial charge in [0, 0.05) is 6.20 Å². The molecule has 0 spiro atoms. The fourth-order valence-corrected chi connectivity index (χ4v) is 2.75. The molecule has 0 bridgehead atoms. The Morgan fingerprint density at radius 1 is 1.27 bits per heavy atom. The minimum atomic E-state index is -0.619. The molecule has 1 amide bonds. The molecule has 2 N–H and O–H groups in total. The number of fused-ring (bicyclic) bond motifs is 2. The van der Waals surface area contributed by atoms with Gasteiger partial charge < -0.3 is 4.98 Å². The van der Waals surface area contributed by atoms with Crippen LogP contribution in [0.5, 0.6) is 0 Å². The number of nitrogens with one attached hydrogen (secondary N) is 1. The molecule has 0 radical (unpaired) electrons. The fraction of sp³-hybridized carbons (Fsp3) is 0.188. The predicted molar refractivity (Wildman–Crippen MR) is 80.2 cm³/mol. The number of carbonyl (C=O) groups excluding carboxylic acids is 1. The van der Waals surface area contributed by atoms with E-state index in [1.807, 2.05) is 32.1 Å². The lowest BCUT2D eigenvalue weighted by atomic mass is 9.85. The van der Waals surface area contributed by atoms with Crippen LogP contribution in [0.4, 0.5) is 0 Å². The Kier molecular flexibility index (Phi) is 2.44. The topological polar surface area (TPSA) is 81.6 Å². The van der Waals surface area contributed by atoms with Crippen molar-refractivity contribution in [3.8, 4) is 0 Å². The number of rotatable bonds is 0. The first-order chi connectivity index (χ1) is 10.5. The van der Waals surface area contributed by atoms with Gasteiger partial charge in [-0.15, -0.1) is 0 Å². The van der Waals surface area contributed by atoms with Crippen LogP contribution in [-0.2, 0) is 10.2 Å². The SMILES string of the molecule is CC1(C)C(=O)N=c2cc3[nH]c(=C4C=CC=CN4O)nc3cc21. The second-order valence-electron chi connectivity index (χ2n) is 5.94. The molecule has 3 heterocycles. The van der Waals surface area contributed by atoms with Crippen LogP contribution in [0.2, 0.25) is 0 Å². The summed E-state index contributed by atoms with van der Waals surface area (Å²) in [6, 6.07) is 3.72. The molecule has 1 aromatic carbocycles. The summed E-state index contributed by atoms with van der Waals surface area (Å²) in [5.41, 5.74) is 2.92. The third-order valence-electron chi connectivity index (χ3n) is 4.11. The Bertz CT molecular complexity index is 995. The van der Waals surface area contributed by atoms with Gasteiger partial charge in [0.05, 0.1) is 21.8 Å². The monoisotopic (exact) mass is 294 g/mol. The number of benzene rings is 1. The number of imidazole rings is 1. The zero-order valence-electron chi connectivity index (χ0n) is 12.2. The number of hydroxylamine groups is 2. The van der Waals surface area contributed by atoms with Gasteiger partial charge in [0.1, 0.15) is 5.70 Å². The standard InChI is InChI=1S/C16H14N4O2/c1-16(2)9-7-11-12(8-10(9)19-15(16)21)18-14(17-11)13-5-3-4-6-20(13)22/h3-8,18,22H,1-2H3. The average molecular weight is 294 g/mol.